The Hall–Kier alpha value is -0.540. The molecule has 0 aliphatic carbocycles. The first-order valence-electron chi connectivity index (χ1n) is 6.73. The summed E-state index contributed by atoms with van der Waals surface area (Å²) in [5.41, 5.74) is 0.863. The van der Waals surface area contributed by atoms with Gasteiger partial charge in [-0.2, -0.15) is 11.8 Å². The molecule has 1 aromatic carbocycles. The molecule has 0 bridgehead atoms. The number of rotatable bonds is 9. The third kappa shape index (κ3) is 5.40. The summed E-state index contributed by atoms with van der Waals surface area (Å²) < 4.78 is 13.8. The van der Waals surface area contributed by atoms with Crippen LogP contribution in [-0.4, -0.2) is 25.1 Å². The van der Waals surface area contributed by atoms with Gasteiger partial charge in [-0.25, -0.2) is 4.39 Å². The van der Waals surface area contributed by atoms with Gasteiger partial charge in [-0.15, -0.1) is 0 Å². The first-order valence-corrected chi connectivity index (χ1v) is 8.13. The van der Waals surface area contributed by atoms with Crippen molar-refractivity contribution in [2.75, 3.05) is 25.1 Å². The Kier molecular flexibility index (Phi) is 8.10. The van der Waals surface area contributed by atoms with Crippen molar-refractivity contribution in [1.29, 1.82) is 0 Å². The maximum atomic E-state index is 13.8. The van der Waals surface area contributed by atoms with Gasteiger partial charge in [0.25, 0.3) is 0 Å². The lowest BCUT2D eigenvalue weighted by Gasteiger charge is -2.18. The molecule has 1 rings (SSSR count). The molecule has 0 heterocycles. The molecule has 102 valence electrons. The second-order valence-corrected chi connectivity index (χ2v) is 5.54. The molecule has 0 aliphatic rings. The first-order chi connectivity index (χ1) is 8.79. The van der Waals surface area contributed by atoms with Gasteiger partial charge in [0.15, 0.2) is 0 Å². The molecule has 0 spiro atoms. The van der Waals surface area contributed by atoms with Gasteiger partial charge in [-0.05, 0) is 55.4 Å². The molecule has 1 aromatic rings. The van der Waals surface area contributed by atoms with Crippen molar-refractivity contribution in [3.63, 3.8) is 0 Å². The van der Waals surface area contributed by atoms with Gasteiger partial charge in [0.2, 0.25) is 0 Å². The van der Waals surface area contributed by atoms with Crippen LogP contribution in [0.1, 0.15) is 37.7 Å². The van der Waals surface area contributed by atoms with Crippen LogP contribution in [0.5, 0.6) is 0 Å². The Balaban J connectivity index is 2.60. The minimum absolute atomic E-state index is 0.0649. The van der Waals surface area contributed by atoms with E-state index in [1.165, 1.54) is 0 Å². The van der Waals surface area contributed by atoms with E-state index in [-0.39, 0.29) is 5.82 Å². The number of hydrogen-bond acceptors (Lipinski definition) is 2. The van der Waals surface area contributed by atoms with Gasteiger partial charge >= 0.3 is 0 Å². The van der Waals surface area contributed by atoms with E-state index >= 15 is 0 Å². The lowest BCUT2D eigenvalue weighted by atomic mass is 9.94. The van der Waals surface area contributed by atoms with Crippen molar-refractivity contribution in [2.45, 2.75) is 32.1 Å². The van der Waals surface area contributed by atoms with E-state index < -0.39 is 0 Å². The average molecular weight is 269 g/mol. The fraction of sp³-hybridized carbons (Fsp3) is 0.600. The number of hydrogen-bond donors (Lipinski definition) is 1. The lowest BCUT2D eigenvalue weighted by molar-refractivity contribution is 0.513. The van der Waals surface area contributed by atoms with Crippen LogP contribution in [0.2, 0.25) is 0 Å². The molecule has 0 saturated heterocycles. The van der Waals surface area contributed by atoms with Crippen LogP contribution < -0.4 is 5.32 Å². The van der Waals surface area contributed by atoms with E-state index in [4.69, 9.17) is 0 Å². The third-order valence-corrected chi connectivity index (χ3v) is 3.76. The summed E-state index contributed by atoms with van der Waals surface area (Å²) in [6.45, 7) is 4.04. The van der Waals surface area contributed by atoms with E-state index in [0.29, 0.717) is 5.92 Å². The van der Waals surface area contributed by atoms with Gasteiger partial charge in [0, 0.05) is 6.54 Å². The molecule has 0 aromatic heterocycles. The van der Waals surface area contributed by atoms with Gasteiger partial charge < -0.3 is 5.32 Å². The van der Waals surface area contributed by atoms with Crippen molar-refractivity contribution in [1.82, 2.24) is 5.32 Å². The molecular weight excluding hydrogens is 245 g/mol. The maximum Gasteiger partial charge on any atom is 0.126 e. The molecule has 1 N–H and O–H groups in total. The minimum atomic E-state index is -0.0649. The predicted molar refractivity (Wildman–Crippen MR) is 79.9 cm³/mol. The minimum Gasteiger partial charge on any atom is -0.316 e. The highest BCUT2D eigenvalue weighted by atomic mass is 32.2. The normalized spacial score (nSPS) is 12.6. The second kappa shape index (κ2) is 9.40. The van der Waals surface area contributed by atoms with Crippen LogP contribution in [0.4, 0.5) is 4.39 Å². The van der Waals surface area contributed by atoms with Crippen LogP contribution in [0, 0.1) is 5.82 Å². The Labute approximate surface area is 115 Å². The third-order valence-electron chi connectivity index (χ3n) is 3.06. The molecule has 1 unspecified atom stereocenters. The molecule has 1 atom stereocenters. The van der Waals surface area contributed by atoms with Crippen molar-refractivity contribution in [3.05, 3.63) is 35.6 Å². The fourth-order valence-electron chi connectivity index (χ4n) is 2.10. The first kappa shape index (κ1) is 15.5. The highest BCUT2D eigenvalue weighted by Gasteiger charge is 2.14. The van der Waals surface area contributed by atoms with E-state index in [9.17, 15) is 4.39 Å². The van der Waals surface area contributed by atoms with Gasteiger partial charge in [-0.3, -0.25) is 0 Å². The summed E-state index contributed by atoms with van der Waals surface area (Å²) in [4.78, 5) is 0. The summed E-state index contributed by atoms with van der Waals surface area (Å²) in [6.07, 6.45) is 5.44. The quantitative estimate of drug-likeness (QED) is 0.679. The molecule has 0 aliphatic heterocycles. The number of thioether (sulfide) groups is 1. The van der Waals surface area contributed by atoms with E-state index in [2.05, 4.69) is 18.5 Å². The Morgan fingerprint density at radius 3 is 2.78 bits per heavy atom. The Bertz CT molecular complexity index is 320. The largest absolute Gasteiger partial charge is 0.316 e. The molecule has 0 saturated carbocycles. The second-order valence-electron chi connectivity index (χ2n) is 4.56. The van der Waals surface area contributed by atoms with Crippen molar-refractivity contribution in [2.24, 2.45) is 0 Å². The maximum absolute atomic E-state index is 13.8. The van der Waals surface area contributed by atoms with E-state index in [1.54, 1.807) is 12.1 Å². The highest BCUT2D eigenvalue weighted by molar-refractivity contribution is 7.98. The summed E-state index contributed by atoms with van der Waals surface area (Å²) in [5.74, 6) is 1.38. The zero-order chi connectivity index (χ0) is 13.2. The monoisotopic (exact) mass is 269 g/mol. The molecule has 0 radical (unpaired) electrons. The fourth-order valence-corrected chi connectivity index (χ4v) is 2.56. The zero-order valence-electron chi connectivity index (χ0n) is 11.4. The van der Waals surface area contributed by atoms with Crippen LogP contribution in [-0.2, 0) is 0 Å². The van der Waals surface area contributed by atoms with Crippen LogP contribution in [0.15, 0.2) is 24.3 Å². The molecule has 18 heavy (non-hydrogen) atoms. The standard InChI is InChI=1S/C15H24FNS/c1-3-10-17-12-13(7-6-11-18-2)14-8-4-5-9-15(14)16/h4-5,8-9,13,17H,3,6-7,10-12H2,1-2H3. The van der Waals surface area contributed by atoms with Gasteiger partial charge in [-0.1, -0.05) is 25.1 Å². The van der Waals surface area contributed by atoms with E-state index in [0.717, 1.165) is 43.7 Å². The van der Waals surface area contributed by atoms with Crippen LogP contribution in [0.3, 0.4) is 0 Å². The lowest BCUT2D eigenvalue weighted by Crippen LogP contribution is -2.23. The SMILES string of the molecule is CCCNCC(CCCSC)c1ccccc1F. The van der Waals surface area contributed by atoms with Gasteiger partial charge in [0.05, 0.1) is 0 Å². The Morgan fingerprint density at radius 2 is 2.11 bits per heavy atom. The summed E-state index contributed by atoms with van der Waals surface area (Å²) >= 11 is 1.86. The summed E-state index contributed by atoms with van der Waals surface area (Å²) in [6, 6.07) is 7.18. The van der Waals surface area contributed by atoms with E-state index in [1.807, 2.05) is 23.9 Å². The number of halogens is 1. The topological polar surface area (TPSA) is 12.0 Å². The predicted octanol–water partition coefficient (Wildman–Crippen LogP) is 4.05. The highest BCUT2D eigenvalue weighted by Crippen LogP contribution is 2.24. The van der Waals surface area contributed by atoms with Crippen LogP contribution in [0.25, 0.3) is 0 Å². The molecule has 0 fully saturated rings. The summed E-state index contributed by atoms with van der Waals surface area (Å²) in [7, 11) is 0. The molecule has 1 nitrogen and oxygen atoms in total. The van der Waals surface area contributed by atoms with Gasteiger partial charge in [0.1, 0.15) is 5.82 Å². The van der Waals surface area contributed by atoms with Crippen molar-refractivity contribution >= 4 is 11.8 Å². The van der Waals surface area contributed by atoms with Crippen LogP contribution >= 0.6 is 11.8 Å². The smallest absolute Gasteiger partial charge is 0.126 e. The average Bonchev–Trinajstić information content (AvgIpc) is 2.38. The Morgan fingerprint density at radius 1 is 1.33 bits per heavy atom. The number of benzene rings is 1. The molecule has 0 amide bonds. The van der Waals surface area contributed by atoms with Crippen molar-refractivity contribution < 1.29 is 4.39 Å². The number of nitrogens with one attached hydrogen (secondary N) is 1. The molecule has 3 heteroatoms. The summed E-state index contributed by atoms with van der Waals surface area (Å²) in [5, 5.41) is 3.41. The zero-order valence-corrected chi connectivity index (χ0v) is 12.2. The molecular formula is C15H24FNS. The van der Waals surface area contributed by atoms with Crippen molar-refractivity contribution in [3.8, 4) is 0 Å².